The summed E-state index contributed by atoms with van der Waals surface area (Å²) in [5.41, 5.74) is 11.9. The lowest BCUT2D eigenvalue weighted by Gasteiger charge is -2.33. The van der Waals surface area contributed by atoms with Crippen LogP contribution in [0, 0.1) is 17.7 Å². The van der Waals surface area contributed by atoms with Crippen LogP contribution in [0.25, 0.3) is 44.7 Å². The monoisotopic (exact) mass is 902 g/mol. The highest BCUT2D eigenvalue weighted by Gasteiger charge is 2.35. The number of alkyl carbamates (subject to hydrolysis) is 1. The molecule has 6 aromatic rings. The first kappa shape index (κ1) is 46.5. The average molecular weight is 903 g/mol. The number of halogens is 1. The Morgan fingerprint density at radius 1 is 1.02 bits per heavy atom. The number of carbonyl (C=O) groups excluding carboxylic acids is 2. The van der Waals surface area contributed by atoms with Crippen molar-refractivity contribution >= 4 is 22.8 Å². The smallest absolute Gasteiger partial charge is 0.407 e. The number of methoxy groups -OCH3 is 1. The molecule has 15 heteroatoms. The van der Waals surface area contributed by atoms with Crippen molar-refractivity contribution in [3.8, 4) is 45.3 Å². The first-order valence-electron chi connectivity index (χ1n) is 23.3. The van der Waals surface area contributed by atoms with Crippen molar-refractivity contribution in [2.24, 2.45) is 17.6 Å². The lowest BCUT2D eigenvalue weighted by atomic mass is 9.88. The molecule has 2 aliphatic rings. The van der Waals surface area contributed by atoms with Gasteiger partial charge in [-0.05, 0) is 100 Å². The second-order valence-electron chi connectivity index (χ2n) is 18.1. The summed E-state index contributed by atoms with van der Waals surface area (Å²) in [4.78, 5) is 43.6. The van der Waals surface area contributed by atoms with Gasteiger partial charge >= 0.3 is 6.09 Å². The van der Waals surface area contributed by atoms with Crippen molar-refractivity contribution in [2.45, 2.75) is 116 Å². The number of fused-ring (bicyclic) bond motifs is 5. The summed E-state index contributed by atoms with van der Waals surface area (Å²) in [6.45, 7) is 10.2. The van der Waals surface area contributed by atoms with E-state index in [0.29, 0.717) is 72.1 Å². The minimum absolute atomic E-state index is 0.00837. The first-order chi connectivity index (χ1) is 31.8. The molecule has 6 N–H and O–H groups in total. The van der Waals surface area contributed by atoms with Gasteiger partial charge in [-0.25, -0.2) is 19.2 Å². The van der Waals surface area contributed by atoms with E-state index in [1.54, 1.807) is 6.20 Å². The highest BCUT2D eigenvalue weighted by atomic mass is 19.1. The molecule has 0 saturated heterocycles. The number of nitrogens with one attached hydrogen (secondary N) is 3. The fraction of sp³-hybridized carbons (Fsp3) is 0.451. The molecule has 66 heavy (non-hydrogen) atoms. The van der Waals surface area contributed by atoms with Gasteiger partial charge in [0.05, 0.1) is 66.4 Å². The van der Waals surface area contributed by atoms with Crippen molar-refractivity contribution in [3.63, 3.8) is 0 Å². The van der Waals surface area contributed by atoms with Crippen molar-refractivity contribution in [3.05, 3.63) is 96.1 Å². The molecular formula is C51H63FN8O6. The Balaban J connectivity index is 1.10. The number of benzene rings is 3. The SMILES string of the molecule is CCOc1cccc(C2Oc3cc(-c4cnc(C(CC)N(C)C(O)C(N)CC)[nH]4)cc(F)c3-c3cc4cc(-c5cnc(C6CCCC6CCC(=O)C(NC(=O)OC)C(C)C)[nH]5)ccc4n32)c1. The zero-order valence-electron chi connectivity index (χ0n) is 38.9. The van der Waals surface area contributed by atoms with E-state index < -0.39 is 36.4 Å². The number of ketones is 1. The first-order valence-corrected chi connectivity index (χ1v) is 23.3. The number of hydrogen-bond donors (Lipinski definition) is 5. The molecule has 8 rings (SSSR count). The molecule has 3 aromatic heterocycles. The Morgan fingerprint density at radius 2 is 1.80 bits per heavy atom. The highest BCUT2D eigenvalue weighted by Crippen LogP contribution is 2.48. The quantitative estimate of drug-likeness (QED) is 0.0520. The van der Waals surface area contributed by atoms with Crippen LogP contribution in [-0.4, -0.2) is 85.5 Å². The highest BCUT2D eigenvalue weighted by molar-refractivity contribution is 5.93. The number of aliphatic hydroxyl groups excluding tert-OH is 1. The minimum atomic E-state index is -0.857. The molecular weight excluding hydrogens is 840 g/mol. The van der Waals surface area contributed by atoms with E-state index in [1.165, 1.54) is 13.2 Å². The maximum atomic E-state index is 16.8. The van der Waals surface area contributed by atoms with Crippen molar-refractivity contribution in [1.82, 2.24) is 34.7 Å². The number of aliphatic hydroxyl groups is 1. The number of likely N-dealkylation sites (N-methyl/N-ethyl adjacent to an activating group) is 1. The molecule has 0 radical (unpaired) electrons. The summed E-state index contributed by atoms with van der Waals surface area (Å²) >= 11 is 0. The van der Waals surface area contributed by atoms with Gasteiger partial charge in [0.2, 0.25) is 6.23 Å². The Hall–Kier alpha value is -6.03. The molecule has 7 atom stereocenters. The van der Waals surface area contributed by atoms with Crippen LogP contribution in [0.5, 0.6) is 11.5 Å². The standard InChI is InChI=1S/C51H63FN8O6/c1-8-37(53)49(62)59(6)40(9-2)48-55-27-39(57-48)32-23-36(52)45-42-24-33-21-30(17-19-41(33)60(42)50(66-44(45)25-32)31-14-11-15-34(22-31)65-10-3)38-26-54-47(56-38)35-16-12-13-29(35)18-20-43(61)46(28(4)5)58-51(63)64-7/h11,14-15,17,19,21-29,35,37,40,46,49-50,62H,8-10,12-13,16,18,20,53H2,1-7H3,(H,54,56)(H,55,57)(H,58,63). The lowest BCUT2D eigenvalue weighted by molar-refractivity contribution is -0.122. The van der Waals surface area contributed by atoms with Gasteiger partial charge in [-0.15, -0.1) is 0 Å². The average Bonchev–Trinajstić information content (AvgIpc) is 4.16. The predicted molar refractivity (Wildman–Crippen MR) is 252 cm³/mol. The molecule has 14 nitrogen and oxygen atoms in total. The molecule has 1 fully saturated rings. The number of aromatic amines is 2. The molecule has 0 spiro atoms. The maximum absolute atomic E-state index is 16.8. The van der Waals surface area contributed by atoms with Crippen molar-refractivity contribution < 1.29 is 33.3 Å². The van der Waals surface area contributed by atoms with Crippen LogP contribution < -0.4 is 20.5 Å². The number of hydrogen-bond acceptors (Lipinski definition) is 10. The number of ether oxygens (including phenoxy) is 3. The maximum Gasteiger partial charge on any atom is 0.407 e. The summed E-state index contributed by atoms with van der Waals surface area (Å²) in [5.74, 6) is 2.61. The predicted octanol–water partition coefficient (Wildman–Crippen LogP) is 9.62. The van der Waals surface area contributed by atoms with E-state index >= 15 is 4.39 Å². The second kappa shape index (κ2) is 19.8. The normalized spacial score (nSPS) is 18.7. The van der Waals surface area contributed by atoms with Crippen molar-refractivity contribution in [1.29, 1.82) is 0 Å². The van der Waals surface area contributed by atoms with E-state index in [-0.39, 0.29) is 29.6 Å². The Morgan fingerprint density at radius 3 is 2.55 bits per heavy atom. The summed E-state index contributed by atoms with van der Waals surface area (Å²) < 4.78 is 36.4. The number of nitrogens with two attached hydrogens (primary N) is 1. The largest absolute Gasteiger partial charge is 0.494 e. The van der Waals surface area contributed by atoms with Crippen LogP contribution in [0.3, 0.4) is 0 Å². The third-order valence-corrected chi connectivity index (χ3v) is 13.6. The Bertz CT molecular complexity index is 2670. The fourth-order valence-electron chi connectivity index (χ4n) is 9.97. The van der Waals surface area contributed by atoms with E-state index in [4.69, 9.17) is 24.9 Å². The van der Waals surface area contributed by atoms with Gasteiger partial charge in [-0.2, -0.15) is 0 Å². The number of amides is 1. The third-order valence-electron chi connectivity index (χ3n) is 13.6. The zero-order chi connectivity index (χ0) is 46.8. The number of rotatable bonds is 18. The molecule has 0 bridgehead atoms. The van der Waals surface area contributed by atoms with E-state index in [2.05, 4.69) is 26.3 Å². The molecule has 3 aromatic carbocycles. The summed E-state index contributed by atoms with van der Waals surface area (Å²) in [6, 6.07) is 18.1. The van der Waals surface area contributed by atoms with Gasteiger partial charge in [-0.3, -0.25) is 9.69 Å². The Kier molecular flexibility index (Phi) is 14.0. The van der Waals surface area contributed by atoms with E-state index in [9.17, 15) is 14.7 Å². The number of Topliss-reactive ketones (excluding diaryl/α,β-unsaturated/α-hetero) is 1. The zero-order valence-corrected chi connectivity index (χ0v) is 38.9. The van der Waals surface area contributed by atoms with Crippen LogP contribution in [0.1, 0.15) is 115 Å². The minimum Gasteiger partial charge on any atom is -0.494 e. The molecule has 1 saturated carbocycles. The molecule has 4 heterocycles. The molecule has 7 unspecified atom stereocenters. The second-order valence-corrected chi connectivity index (χ2v) is 18.1. The van der Waals surface area contributed by atoms with Gasteiger partial charge in [0.15, 0.2) is 5.78 Å². The van der Waals surface area contributed by atoms with Gasteiger partial charge in [-0.1, -0.05) is 52.3 Å². The van der Waals surface area contributed by atoms with Crippen LogP contribution in [0.15, 0.2) is 73.1 Å². The van der Waals surface area contributed by atoms with Gasteiger partial charge in [0.1, 0.15) is 35.2 Å². The lowest BCUT2D eigenvalue weighted by Crippen LogP contribution is -2.47. The summed E-state index contributed by atoms with van der Waals surface area (Å²) in [7, 11) is 3.13. The van der Waals surface area contributed by atoms with Crippen LogP contribution >= 0.6 is 0 Å². The number of H-pyrrole nitrogens is 2. The fourth-order valence-corrected chi connectivity index (χ4v) is 9.97. The summed E-state index contributed by atoms with van der Waals surface area (Å²) in [5, 5.41) is 14.5. The van der Waals surface area contributed by atoms with Crippen LogP contribution in [-0.2, 0) is 9.53 Å². The van der Waals surface area contributed by atoms with Gasteiger partial charge in [0, 0.05) is 40.5 Å². The van der Waals surface area contributed by atoms with Crippen LogP contribution in [0.2, 0.25) is 0 Å². The molecule has 350 valence electrons. The van der Waals surface area contributed by atoms with E-state index in [1.807, 2.05) is 106 Å². The Labute approximate surface area is 385 Å². The number of carbonyl (C=O) groups is 2. The van der Waals surface area contributed by atoms with E-state index in [0.717, 1.165) is 52.8 Å². The van der Waals surface area contributed by atoms with Gasteiger partial charge in [0.25, 0.3) is 0 Å². The molecule has 1 aliphatic carbocycles. The van der Waals surface area contributed by atoms with Crippen molar-refractivity contribution in [2.75, 3.05) is 20.8 Å². The topological polar surface area (TPSA) is 186 Å². The molecule has 1 amide bonds. The number of aromatic nitrogens is 5. The summed E-state index contributed by atoms with van der Waals surface area (Å²) in [6.07, 6.45) is 6.84. The number of imidazole rings is 2. The third kappa shape index (κ3) is 9.20. The van der Waals surface area contributed by atoms with Crippen LogP contribution in [0.4, 0.5) is 9.18 Å². The number of nitrogens with zero attached hydrogens (tertiary/aromatic N) is 4. The molecule has 1 aliphatic heterocycles. The van der Waals surface area contributed by atoms with Gasteiger partial charge < -0.3 is 44.9 Å².